The molecule has 1 aliphatic rings. The lowest BCUT2D eigenvalue weighted by atomic mass is 9.95. The van der Waals surface area contributed by atoms with E-state index >= 15 is 0 Å². The molecule has 1 saturated heterocycles. The molecule has 0 radical (unpaired) electrons. The van der Waals surface area contributed by atoms with Crippen LogP contribution in [-0.4, -0.2) is 29.3 Å². The summed E-state index contributed by atoms with van der Waals surface area (Å²) in [5.41, 5.74) is -0.475. The van der Waals surface area contributed by atoms with Crippen molar-refractivity contribution in [2.75, 3.05) is 13.1 Å². The molecule has 1 fully saturated rings. The van der Waals surface area contributed by atoms with E-state index in [1.165, 1.54) is 19.1 Å². The number of likely N-dealkylation sites (tertiary alicyclic amines) is 1. The van der Waals surface area contributed by atoms with Crippen molar-refractivity contribution in [1.29, 1.82) is 0 Å². The van der Waals surface area contributed by atoms with E-state index in [2.05, 4.69) is 20.8 Å². The van der Waals surface area contributed by atoms with Crippen molar-refractivity contribution in [2.24, 2.45) is 0 Å². The zero-order valence-electron chi connectivity index (χ0n) is 9.62. The molecule has 0 aromatic carbocycles. The fourth-order valence-corrected chi connectivity index (χ4v) is 2.53. The molecule has 1 aromatic rings. The van der Waals surface area contributed by atoms with Crippen molar-refractivity contribution in [2.45, 2.75) is 32.2 Å². The van der Waals surface area contributed by atoms with E-state index in [1.807, 2.05) is 13.8 Å². The van der Waals surface area contributed by atoms with E-state index in [9.17, 15) is 4.79 Å². The van der Waals surface area contributed by atoms with Crippen LogP contribution in [0.3, 0.4) is 0 Å². The van der Waals surface area contributed by atoms with Crippen LogP contribution in [0.15, 0.2) is 21.2 Å². The average molecular weight is 286 g/mol. The summed E-state index contributed by atoms with van der Waals surface area (Å²) in [7, 11) is 0. The van der Waals surface area contributed by atoms with Gasteiger partial charge in [-0.05, 0) is 61.8 Å². The number of nitrogens with zero attached hydrogens (tertiary/aromatic N) is 1. The first kappa shape index (κ1) is 11.9. The first-order valence-electron chi connectivity index (χ1n) is 5.56. The van der Waals surface area contributed by atoms with Gasteiger partial charge in [0.15, 0.2) is 5.76 Å². The lowest BCUT2D eigenvalue weighted by Crippen LogP contribution is -2.48. The molecule has 1 aliphatic heterocycles. The number of hydrogen-bond donors (Lipinski definition) is 0. The molecule has 0 N–H and O–H groups in total. The first-order valence-corrected chi connectivity index (χ1v) is 6.35. The van der Waals surface area contributed by atoms with Crippen LogP contribution in [0.4, 0.5) is 0 Å². The van der Waals surface area contributed by atoms with Crippen molar-refractivity contribution >= 4 is 21.7 Å². The molecule has 0 saturated carbocycles. The molecule has 0 aliphatic carbocycles. The lowest BCUT2D eigenvalue weighted by Gasteiger charge is -2.33. The highest BCUT2D eigenvalue weighted by Gasteiger charge is 2.38. The van der Waals surface area contributed by atoms with Gasteiger partial charge in [-0.2, -0.15) is 0 Å². The van der Waals surface area contributed by atoms with Crippen LogP contribution in [-0.2, 0) is 0 Å². The maximum Gasteiger partial charge on any atom is 0.218 e. The Morgan fingerprint density at radius 3 is 2.56 bits per heavy atom. The molecular weight excluding hydrogens is 270 g/mol. The highest BCUT2D eigenvalue weighted by atomic mass is 79.9. The summed E-state index contributed by atoms with van der Waals surface area (Å²) in [6, 6.07) is 1.76. The lowest BCUT2D eigenvalue weighted by molar-refractivity contribution is 0.0671. The molecule has 1 aromatic heterocycles. The first-order chi connectivity index (χ1) is 7.53. The largest absolute Gasteiger partial charge is 0.460 e. The minimum absolute atomic E-state index is 0.0475. The molecule has 0 spiro atoms. The van der Waals surface area contributed by atoms with E-state index in [0.29, 0.717) is 5.76 Å². The Bertz CT molecular complexity index is 391. The third kappa shape index (κ3) is 1.96. The maximum absolute atomic E-state index is 12.4. The number of rotatable bonds is 3. The quantitative estimate of drug-likeness (QED) is 0.801. The van der Waals surface area contributed by atoms with Gasteiger partial charge in [-0.1, -0.05) is 0 Å². The Hall–Kier alpha value is -0.610. The second-order valence-corrected chi connectivity index (χ2v) is 5.53. The number of halogens is 1. The zero-order valence-corrected chi connectivity index (χ0v) is 11.2. The standard InChI is InChI=1S/C12H16BrNO2/c1-12(2,14-6-3-4-7-14)11(15)10-9(13)5-8-16-10/h5,8H,3-4,6-7H2,1-2H3. The van der Waals surface area contributed by atoms with Gasteiger partial charge in [0.05, 0.1) is 16.3 Å². The van der Waals surface area contributed by atoms with Gasteiger partial charge >= 0.3 is 0 Å². The summed E-state index contributed by atoms with van der Waals surface area (Å²) in [6.45, 7) is 5.93. The summed E-state index contributed by atoms with van der Waals surface area (Å²) in [4.78, 5) is 14.6. The average Bonchev–Trinajstić information content (AvgIpc) is 2.86. The van der Waals surface area contributed by atoms with Gasteiger partial charge in [-0.15, -0.1) is 0 Å². The van der Waals surface area contributed by atoms with Crippen molar-refractivity contribution < 1.29 is 9.21 Å². The van der Waals surface area contributed by atoms with Gasteiger partial charge in [-0.25, -0.2) is 0 Å². The number of ketones is 1. The number of furan rings is 1. The van der Waals surface area contributed by atoms with Crippen molar-refractivity contribution in [3.05, 3.63) is 22.6 Å². The second-order valence-electron chi connectivity index (χ2n) is 4.68. The SMILES string of the molecule is CC(C)(C(=O)c1occc1Br)N1CCCC1. The molecular formula is C12H16BrNO2. The Morgan fingerprint density at radius 2 is 2.06 bits per heavy atom. The molecule has 0 bridgehead atoms. The molecule has 16 heavy (non-hydrogen) atoms. The minimum atomic E-state index is -0.475. The van der Waals surface area contributed by atoms with Crippen molar-refractivity contribution in [3.63, 3.8) is 0 Å². The van der Waals surface area contributed by atoms with Gasteiger partial charge in [0.2, 0.25) is 5.78 Å². The van der Waals surface area contributed by atoms with E-state index in [4.69, 9.17) is 4.42 Å². The molecule has 2 rings (SSSR count). The Labute approximate surface area is 104 Å². The van der Waals surface area contributed by atoms with E-state index in [-0.39, 0.29) is 5.78 Å². The second kappa shape index (κ2) is 4.34. The Morgan fingerprint density at radius 1 is 1.44 bits per heavy atom. The predicted molar refractivity (Wildman–Crippen MR) is 65.6 cm³/mol. The van der Waals surface area contributed by atoms with Crippen LogP contribution in [0, 0.1) is 0 Å². The molecule has 0 atom stereocenters. The fraction of sp³-hybridized carbons (Fsp3) is 0.583. The maximum atomic E-state index is 12.4. The van der Waals surface area contributed by atoms with Gasteiger partial charge in [0.1, 0.15) is 0 Å². The van der Waals surface area contributed by atoms with Crippen LogP contribution >= 0.6 is 15.9 Å². The monoisotopic (exact) mass is 285 g/mol. The third-order valence-corrected chi connectivity index (χ3v) is 3.90. The topological polar surface area (TPSA) is 33.5 Å². The van der Waals surface area contributed by atoms with E-state index < -0.39 is 5.54 Å². The van der Waals surface area contributed by atoms with Gasteiger partial charge in [0, 0.05) is 0 Å². The normalized spacial score (nSPS) is 17.9. The highest BCUT2D eigenvalue weighted by molar-refractivity contribution is 9.10. The Kier molecular flexibility index (Phi) is 3.22. The summed E-state index contributed by atoms with van der Waals surface area (Å²) in [6.07, 6.45) is 3.89. The molecule has 4 heteroatoms. The van der Waals surface area contributed by atoms with E-state index in [0.717, 1.165) is 17.6 Å². The predicted octanol–water partition coefficient (Wildman–Crippen LogP) is 3.10. The molecule has 2 heterocycles. The molecule has 0 amide bonds. The molecule has 3 nitrogen and oxygen atoms in total. The molecule has 88 valence electrons. The van der Waals surface area contributed by atoms with Crippen LogP contribution in [0.5, 0.6) is 0 Å². The minimum Gasteiger partial charge on any atom is -0.460 e. The summed E-state index contributed by atoms with van der Waals surface area (Å²) in [5, 5.41) is 0. The highest BCUT2D eigenvalue weighted by Crippen LogP contribution is 2.28. The smallest absolute Gasteiger partial charge is 0.218 e. The Balaban J connectivity index is 2.23. The summed E-state index contributed by atoms with van der Waals surface area (Å²) in [5.74, 6) is 0.475. The summed E-state index contributed by atoms with van der Waals surface area (Å²) < 4.78 is 5.99. The van der Waals surface area contributed by atoms with Crippen LogP contribution in [0.25, 0.3) is 0 Å². The zero-order chi connectivity index (χ0) is 11.8. The number of carbonyl (C=O) groups is 1. The third-order valence-electron chi connectivity index (χ3n) is 3.28. The number of hydrogen-bond acceptors (Lipinski definition) is 3. The van der Waals surface area contributed by atoms with Crippen LogP contribution in [0.1, 0.15) is 37.2 Å². The number of carbonyl (C=O) groups excluding carboxylic acids is 1. The van der Waals surface area contributed by atoms with Crippen LogP contribution in [0.2, 0.25) is 0 Å². The van der Waals surface area contributed by atoms with E-state index in [1.54, 1.807) is 6.07 Å². The van der Waals surface area contributed by atoms with Gasteiger partial charge < -0.3 is 4.42 Å². The summed E-state index contributed by atoms with van der Waals surface area (Å²) >= 11 is 3.33. The van der Waals surface area contributed by atoms with Crippen molar-refractivity contribution in [3.8, 4) is 0 Å². The fourth-order valence-electron chi connectivity index (χ4n) is 2.15. The molecule has 0 unspecified atom stereocenters. The van der Waals surface area contributed by atoms with Crippen LogP contribution < -0.4 is 0 Å². The van der Waals surface area contributed by atoms with Crippen molar-refractivity contribution in [1.82, 2.24) is 4.90 Å². The number of Topliss-reactive ketones (excluding diaryl/α,β-unsaturated/α-hetero) is 1. The van der Waals surface area contributed by atoms with Gasteiger partial charge in [0.25, 0.3) is 0 Å². The van der Waals surface area contributed by atoms with Gasteiger partial charge in [-0.3, -0.25) is 9.69 Å².